The number of rotatable bonds is 9. The molecular weight excluding hydrogens is 750 g/mol. The van der Waals surface area contributed by atoms with E-state index in [0.29, 0.717) is 0 Å². The third kappa shape index (κ3) is 27.3. The van der Waals surface area contributed by atoms with Gasteiger partial charge in [-0.2, -0.15) is 6.08 Å². The summed E-state index contributed by atoms with van der Waals surface area (Å²) in [6, 6.07) is 1.01. The van der Waals surface area contributed by atoms with E-state index in [0.717, 1.165) is 30.0 Å². The molecule has 0 aromatic carbocycles. The minimum absolute atomic E-state index is 0. The predicted octanol–water partition coefficient (Wildman–Crippen LogP) is 8.08. The maximum Gasteiger partial charge on any atom is 2.00 e. The first-order valence-corrected chi connectivity index (χ1v) is 20.7. The molecule has 0 aliphatic heterocycles. The summed E-state index contributed by atoms with van der Waals surface area (Å²) in [7, 11) is -3.40. The molecule has 0 saturated heterocycles. The molecule has 0 bridgehead atoms. The number of allylic oxidation sites excluding steroid dienone is 3. The molecule has 1 atom stereocenters. The van der Waals surface area contributed by atoms with Gasteiger partial charge in [-0.15, -0.1) is 0 Å². The van der Waals surface area contributed by atoms with E-state index in [1.807, 2.05) is 13.0 Å². The standard InChI is InChI=1S/C30H50O3Si2.6CO.2Co/c1-24(19-22-32-26(3)31)16-17-27-15-14-20-30(29(27,7)8,33-35(12,13)28(4,5)6)21-18-25(2)23-34(9,10)11;6*1-2;;/h15-17,19H,2,14,20,22-23H2,1,3-13H3;;;;;;;;/q-2;;;;;;;;+2/b24-19-;;;;;;;;. The van der Waals surface area contributed by atoms with Crippen LogP contribution in [0.5, 0.6) is 0 Å². The number of hydrogen-bond acceptors (Lipinski definition) is 3. The van der Waals surface area contributed by atoms with Crippen LogP contribution in [0.25, 0.3) is 0 Å². The van der Waals surface area contributed by atoms with Gasteiger partial charge in [-0.3, -0.25) is 17.6 Å². The molecule has 1 rings (SSSR count). The van der Waals surface area contributed by atoms with Gasteiger partial charge in [-0.1, -0.05) is 86.0 Å². The van der Waals surface area contributed by atoms with Crippen molar-refractivity contribution in [3.63, 3.8) is 0 Å². The molecular formula is C36H50Co2O9Si2. The summed E-state index contributed by atoms with van der Waals surface area (Å²) >= 11 is 0. The molecule has 0 N–H and O–H groups in total. The summed E-state index contributed by atoms with van der Waals surface area (Å²) < 4.78 is 57.3. The van der Waals surface area contributed by atoms with Crippen molar-refractivity contribution in [2.24, 2.45) is 5.41 Å². The van der Waals surface area contributed by atoms with Gasteiger partial charge in [0.15, 0.2) is 8.32 Å². The smallest absolute Gasteiger partial charge is 0 e. The first-order valence-electron chi connectivity index (χ1n) is 14.0. The minimum atomic E-state index is -2.11. The zero-order valence-corrected chi connectivity index (χ0v) is 34.8. The van der Waals surface area contributed by atoms with Crippen LogP contribution >= 0.6 is 0 Å². The van der Waals surface area contributed by atoms with Gasteiger partial charge in [0.25, 0.3) is 0 Å². The Morgan fingerprint density at radius 2 is 1.39 bits per heavy atom. The molecule has 1 aliphatic carbocycles. The van der Waals surface area contributed by atoms with Crippen molar-refractivity contribution in [3.8, 4) is 11.8 Å². The fourth-order valence-corrected chi connectivity index (χ4v) is 6.93. The van der Waals surface area contributed by atoms with Gasteiger partial charge in [-0.05, 0) is 41.6 Å². The van der Waals surface area contributed by atoms with Crippen molar-refractivity contribution < 1.29 is 75.4 Å². The molecule has 9 nitrogen and oxygen atoms in total. The SMILES string of the molecule is C=C(C#CC1(O[Si](C)(C)C(C)(C)C)CCC=C([CH-][CH-]/C(C)=C\COC(C)=O)C1(C)C)C[Si](C)(C)C.[C-]#[O+].[C-]#[O+].[C-]#[O+].[C-]#[O+].[C-]#[O+].[C-]#[O+].[Co+2].[Co]. The van der Waals surface area contributed by atoms with Gasteiger partial charge in [0.05, 0.1) is 0 Å². The third-order valence-electron chi connectivity index (χ3n) is 7.23. The van der Waals surface area contributed by atoms with Crippen LogP contribution in [-0.4, -0.2) is 34.6 Å². The Kier molecular flexibility index (Phi) is 45.7. The number of hydrogen-bond donors (Lipinski definition) is 0. The number of ether oxygens (including phenoxy) is 1. The molecule has 13 heteroatoms. The van der Waals surface area contributed by atoms with Crippen molar-refractivity contribution in [2.45, 2.75) is 111 Å². The Morgan fingerprint density at radius 1 is 0.959 bits per heavy atom. The van der Waals surface area contributed by atoms with Gasteiger partial charge in [0.2, 0.25) is 0 Å². The maximum atomic E-state index is 11.1. The summed E-state index contributed by atoms with van der Waals surface area (Å²) in [5.74, 6) is 6.89. The van der Waals surface area contributed by atoms with E-state index < -0.39 is 22.0 Å². The van der Waals surface area contributed by atoms with Gasteiger partial charge in [0, 0.05) is 38.4 Å². The molecule has 1 aliphatic rings. The number of carbonyl (C=O) groups is 1. The topological polar surface area (TPSA) is 155 Å². The zero-order valence-electron chi connectivity index (χ0n) is 30.7. The number of carbonyl (C=O) groups excluding carboxylic acids is 1. The van der Waals surface area contributed by atoms with Crippen molar-refractivity contribution in [1.29, 1.82) is 0 Å². The van der Waals surface area contributed by atoms with Crippen LogP contribution in [0.15, 0.2) is 35.5 Å². The minimum Gasteiger partial charge on any atom is 0 e. The third-order valence-corrected chi connectivity index (χ3v) is 13.2. The van der Waals surface area contributed by atoms with E-state index >= 15 is 0 Å². The number of esters is 1. The van der Waals surface area contributed by atoms with E-state index in [-0.39, 0.29) is 56.6 Å². The Morgan fingerprint density at radius 3 is 1.76 bits per heavy atom. The molecule has 0 aromatic rings. The summed E-state index contributed by atoms with van der Waals surface area (Å²) in [4.78, 5) is 11.1. The van der Waals surface area contributed by atoms with E-state index in [1.54, 1.807) is 0 Å². The average molecular weight is 801 g/mol. The molecule has 0 aromatic heterocycles. The van der Waals surface area contributed by atoms with Crippen LogP contribution in [-0.2, 0) is 75.4 Å². The van der Waals surface area contributed by atoms with Crippen LogP contribution in [0.4, 0.5) is 0 Å². The molecule has 0 heterocycles. The molecule has 274 valence electrons. The van der Waals surface area contributed by atoms with Crippen molar-refractivity contribution in [3.05, 3.63) is 88.2 Å². The molecule has 0 amide bonds. The van der Waals surface area contributed by atoms with E-state index in [9.17, 15) is 4.79 Å². The van der Waals surface area contributed by atoms with Crippen LogP contribution in [0, 0.1) is 70.0 Å². The first kappa shape index (κ1) is 65.2. The van der Waals surface area contributed by atoms with Crippen LogP contribution in [0.3, 0.4) is 0 Å². The summed E-state index contributed by atoms with van der Waals surface area (Å²) in [6.45, 7) is 58.2. The Bertz CT molecular complexity index is 1140. The normalized spacial score (nSPS) is 15.1. The molecule has 0 fully saturated rings. The summed E-state index contributed by atoms with van der Waals surface area (Å²) in [6.07, 6.45) is 10.3. The van der Waals surface area contributed by atoms with Gasteiger partial charge in [-0.25, -0.2) is 17.2 Å². The molecule has 0 saturated carbocycles. The van der Waals surface area contributed by atoms with E-state index in [4.69, 9.17) is 37.1 Å². The molecule has 1 unspecified atom stereocenters. The Hall–Kier alpha value is -2.16. The molecule has 2 radical (unpaired) electrons. The summed E-state index contributed by atoms with van der Waals surface area (Å²) in [5, 5.41) is 0.0836. The van der Waals surface area contributed by atoms with Crippen molar-refractivity contribution in [2.75, 3.05) is 6.61 Å². The van der Waals surface area contributed by atoms with Gasteiger partial charge in [0.1, 0.15) is 5.60 Å². The molecule has 0 spiro atoms. The van der Waals surface area contributed by atoms with Crippen LogP contribution in [0.2, 0.25) is 43.8 Å². The Labute approximate surface area is 319 Å². The van der Waals surface area contributed by atoms with Gasteiger partial charge >= 0.3 is 90.6 Å². The largest absolute Gasteiger partial charge is 2.00 e. The summed E-state index contributed by atoms with van der Waals surface area (Å²) in [5.41, 5.74) is 2.42. The second-order valence-electron chi connectivity index (χ2n) is 13.2. The zero-order chi connectivity index (χ0) is 39.3. The Balaban J connectivity index is -0.000000180. The molecule has 49 heavy (non-hydrogen) atoms. The van der Waals surface area contributed by atoms with E-state index in [1.165, 1.54) is 12.5 Å². The first-order chi connectivity index (χ1) is 21.7. The van der Waals surface area contributed by atoms with Crippen molar-refractivity contribution in [1.82, 2.24) is 0 Å². The fraction of sp³-hybridized carbons (Fsp3) is 0.528. The average Bonchev–Trinajstić information content (AvgIpc) is 3.01. The fourth-order valence-electron chi connectivity index (χ4n) is 3.97. The monoisotopic (exact) mass is 800 g/mol. The second-order valence-corrected chi connectivity index (χ2v) is 23.4. The van der Waals surface area contributed by atoms with Gasteiger partial charge < -0.3 is 9.16 Å². The van der Waals surface area contributed by atoms with E-state index in [2.05, 4.69) is 145 Å². The second kappa shape index (κ2) is 34.3. The quantitative estimate of drug-likeness (QED) is 0.0761. The van der Waals surface area contributed by atoms with Crippen LogP contribution in [0.1, 0.15) is 61.3 Å². The van der Waals surface area contributed by atoms with Crippen molar-refractivity contribution >= 4 is 22.4 Å². The maximum absolute atomic E-state index is 11.1. The predicted molar refractivity (Wildman–Crippen MR) is 180 cm³/mol. The van der Waals surface area contributed by atoms with Crippen LogP contribution < -0.4 is 0 Å².